The lowest BCUT2D eigenvalue weighted by atomic mass is 10.1. The van der Waals surface area contributed by atoms with E-state index >= 15 is 0 Å². The zero-order chi connectivity index (χ0) is 28.0. The number of benzene rings is 3. The smallest absolute Gasteiger partial charge is 0.242 e. The maximum atomic E-state index is 13.4. The SMILES string of the molecule is Cc1ccc(CNC(=O)C(C)N(Cc2ccc(F)cc2)C(=O)CCc2ccc(S(=O)(=O)NC3CC3)cc2)cc1. The molecule has 3 aromatic rings. The molecular formula is C30H34FN3O4S. The van der Waals surface area contributed by atoms with E-state index in [9.17, 15) is 22.4 Å². The van der Waals surface area contributed by atoms with E-state index in [1.54, 1.807) is 43.3 Å². The van der Waals surface area contributed by atoms with Crippen LogP contribution in [-0.2, 0) is 39.1 Å². The molecule has 0 spiro atoms. The number of hydrogen-bond donors (Lipinski definition) is 2. The minimum Gasteiger partial charge on any atom is -0.350 e. The van der Waals surface area contributed by atoms with Gasteiger partial charge in [0.15, 0.2) is 0 Å². The Morgan fingerprint density at radius 1 is 0.923 bits per heavy atom. The van der Waals surface area contributed by atoms with Crippen LogP contribution in [0, 0.1) is 12.7 Å². The topological polar surface area (TPSA) is 95.6 Å². The van der Waals surface area contributed by atoms with Gasteiger partial charge in [-0.15, -0.1) is 0 Å². The molecule has 1 fully saturated rings. The highest BCUT2D eigenvalue weighted by Crippen LogP contribution is 2.22. The lowest BCUT2D eigenvalue weighted by molar-refractivity contribution is -0.140. The van der Waals surface area contributed by atoms with Gasteiger partial charge in [0.2, 0.25) is 21.8 Å². The summed E-state index contributed by atoms with van der Waals surface area (Å²) in [6.07, 6.45) is 2.22. The summed E-state index contributed by atoms with van der Waals surface area (Å²) in [5.41, 5.74) is 3.60. The van der Waals surface area contributed by atoms with Crippen LogP contribution in [0.4, 0.5) is 4.39 Å². The van der Waals surface area contributed by atoms with E-state index in [0.717, 1.165) is 29.5 Å². The predicted octanol–water partition coefficient (Wildman–Crippen LogP) is 4.24. The van der Waals surface area contributed by atoms with Crippen molar-refractivity contribution in [2.45, 2.75) is 69.6 Å². The number of amides is 2. The lowest BCUT2D eigenvalue weighted by Gasteiger charge is -2.29. The second-order valence-electron chi connectivity index (χ2n) is 10.1. The van der Waals surface area contributed by atoms with Crippen LogP contribution in [0.15, 0.2) is 77.7 Å². The second-order valence-corrected chi connectivity index (χ2v) is 11.8. The van der Waals surface area contributed by atoms with Crippen molar-refractivity contribution in [1.82, 2.24) is 14.9 Å². The van der Waals surface area contributed by atoms with E-state index in [4.69, 9.17) is 0 Å². The van der Waals surface area contributed by atoms with E-state index in [-0.39, 0.29) is 41.5 Å². The average Bonchev–Trinajstić information content (AvgIpc) is 3.74. The largest absolute Gasteiger partial charge is 0.350 e. The minimum absolute atomic E-state index is 0.0236. The summed E-state index contributed by atoms with van der Waals surface area (Å²) >= 11 is 0. The number of rotatable bonds is 12. The Balaban J connectivity index is 1.41. The van der Waals surface area contributed by atoms with Crippen molar-refractivity contribution in [2.75, 3.05) is 0 Å². The van der Waals surface area contributed by atoms with Gasteiger partial charge in [0.05, 0.1) is 4.90 Å². The van der Waals surface area contributed by atoms with E-state index in [2.05, 4.69) is 10.0 Å². The maximum Gasteiger partial charge on any atom is 0.242 e. The van der Waals surface area contributed by atoms with Gasteiger partial charge in [0.1, 0.15) is 11.9 Å². The summed E-state index contributed by atoms with van der Waals surface area (Å²) in [4.78, 5) is 28.1. The van der Waals surface area contributed by atoms with Crippen molar-refractivity contribution >= 4 is 21.8 Å². The summed E-state index contributed by atoms with van der Waals surface area (Å²) in [5.74, 6) is -0.897. The normalized spacial score (nSPS) is 14.0. The van der Waals surface area contributed by atoms with Crippen LogP contribution in [0.3, 0.4) is 0 Å². The molecule has 1 aliphatic rings. The number of hydrogen-bond acceptors (Lipinski definition) is 4. The third kappa shape index (κ3) is 8.21. The first-order chi connectivity index (χ1) is 18.6. The number of nitrogens with one attached hydrogen (secondary N) is 2. The summed E-state index contributed by atoms with van der Waals surface area (Å²) < 4.78 is 40.9. The minimum atomic E-state index is -3.54. The Labute approximate surface area is 229 Å². The summed E-state index contributed by atoms with van der Waals surface area (Å²) in [7, 11) is -3.54. The molecule has 3 aromatic carbocycles. The van der Waals surface area contributed by atoms with Crippen LogP contribution in [0.2, 0.25) is 0 Å². The van der Waals surface area contributed by atoms with Gasteiger partial charge in [-0.2, -0.15) is 0 Å². The van der Waals surface area contributed by atoms with Gasteiger partial charge >= 0.3 is 0 Å². The molecule has 4 rings (SSSR count). The number of aryl methyl sites for hydroxylation is 2. The summed E-state index contributed by atoms with van der Waals surface area (Å²) in [5, 5.41) is 2.90. The quantitative estimate of drug-likeness (QED) is 0.352. The Morgan fingerprint density at radius 3 is 2.13 bits per heavy atom. The number of sulfonamides is 1. The Morgan fingerprint density at radius 2 is 1.51 bits per heavy atom. The van der Waals surface area contributed by atoms with E-state index in [1.165, 1.54) is 17.0 Å². The van der Waals surface area contributed by atoms with Crippen LogP contribution >= 0.6 is 0 Å². The summed E-state index contributed by atoms with van der Waals surface area (Å²) in [6.45, 7) is 4.17. The fourth-order valence-corrected chi connectivity index (χ4v) is 5.44. The monoisotopic (exact) mass is 551 g/mol. The number of carbonyl (C=O) groups excluding carboxylic acids is 2. The molecule has 1 aliphatic carbocycles. The molecule has 1 unspecified atom stereocenters. The maximum absolute atomic E-state index is 13.4. The van der Waals surface area contributed by atoms with Gasteiger partial charge in [-0.1, -0.05) is 54.1 Å². The van der Waals surface area contributed by atoms with Crippen LogP contribution in [0.1, 0.15) is 48.4 Å². The van der Waals surface area contributed by atoms with Crippen LogP contribution < -0.4 is 10.0 Å². The van der Waals surface area contributed by atoms with Crippen molar-refractivity contribution in [3.63, 3.8) is 0 Å². The first-order valence-electron chi connectivity index (χ1n) is 13.1. The van der Waals surface area contributed by atoms with E-state index < -0.39 is 16.1 Å². The van der Waals surface area contributed by atoms with Crippen molar-refractivity contribution in [2.24, 2.45) is 0 Å². The molecule has 39 heavy (non-hydrogen) atoms. The number of carbonyl (C=O) groups is 2. The third-order valence-electron chi connectivity index (χ3n) is 6.78. The lowest BCUT2D eigenvalue weighted by Crippen LogP contribution is -2.47. The Kier molecular flexibility index (Phi) is 9.14. The highest BCUT2D eigenvalue weighted by Gasteiger charge is 2.28. The van der Waals surface area contributed by atoms with Crippen LogP contribution in [0.5, 0.6) is 0 Å². The first kappa shape index (κ1) is 28.4. The molecule has 0 bridgehead atoms. The molecule has 2 amide bonds. The third-order valence-corrected chi connectivity index (χ3v) is 8.32. The van der Waals surface area contributed by atoms with E-state index in [1.807, 2.05) is 31.2 Å². The van der Waals surface area contributed by atoms with Gasteiger partial charge in [0, 0.05) is 25.6 Å². The fourth-order valence-electron chi connectivity index (χ4n) is 4.13. The predicted molar refractivity (Wildman–Crippen MR) is 148 cm³/mol. The van der Waals surface area contributed by atoms with Crippen molar-refractivity contribution < 1.29 is 22.4 Å². The van der Waals surface area contributed by atoms with Gasteiger partial charge in [-0.3, -0.25) is 9.59 Å². The molecule has 0 radical (unpaired) electrons. The fraction of sp³-hybridized carbons (Fsp3) is 0.333. The standard InChI is InChI=1S/C30H34FN3O4S/c1-21-3-5-24(6-4-21)19-32-30(36)22(2)34(20-25-7-12-26(31)13-8-25)29(35)18-11-23-9-16-28(17-10-23)39(37,38)33-27-14-15-27/h3-10,12-13,16-17,22,27,33H,11,14-15,18-20H2,1-2H3,(H,32,36). The molecule has 9 heteroatoms. The van der Waals surface area contributed by atoms with E-state index in [0.29, 0.717) is 18.5 Å². The molecular weight excluding hydrogens is 517 g/mol. The summed E-state index contributed by atoms with van der Waals surface area (Å²) in [6, 6.07) is 19.5. The zero-order valence-corrected chi connectivity index (χ0v) is 23.0. The molecule has 0 aromatic heterocycles. The van der Waals surface area contributed by atoms with Crippen molar-refractivity contribution in [3.05, 3.63) is 101 Å². The van der Waals surface area contributed by atoms with Gasteiger partial charge in [-0.05, 0) is 74.1 Å². The molecule has 7 nitrogen and oxygen atoms in total. The van der Waals surface area contributed by atoms with Crippen molar-refractivity contribution in [3.8, 4) is 0 Å². The molecule has 0 heterocycles. The van der Waals surface area contributed by atoms with Crippen LogP contribution in [0.25, 0.3) is 0 Å². The average molecular weight is 552 g/mol. The Hall–Kier alpha value is -3.56. The number of halogens is 1. The van der Waals surface area contributed by atoms with Gasteiger partial charge in [0.25, 0.3) is 0 Å². The highest BCUT2D eigenvalue weighted by atomic mass is 32.2. The van der Waals surface area contributed by atoms with Gasteiger partial charge < -0.3 is 10.2 Å². The molecule has 1 atom stereocenters. The second kappa shape index (κ2) is 12.5. The molecule has 206 valence electrons. The van der Waals surface area contributed by atoms with Gasteiger partial charge in [-0.25, -0.2) is 17.5 Å². The van der Waals surface area contributed by atoms with Crippen molar-refractivity contribution in [1.29, 1.82) is 0 Å². The zero-order valence-electron chi connectivity index (χ0n) is 22.2. The Bertz CT molecular complexity index is 1390. The number of nitrogens with zero attached hydrogens (tertiary/aromatic N) is 1. The molecule has 0 saturated heterocycles. The molecule has 0 aliphatic heterocycles. The molecule has 1 saturated carbocycles. The molecule has 2 N–H and O–H groups in total. The highest BCUT2D eigenvalue weighted by molar-refractivity contribution is 7.89. The first-order valence-corrected chi connectivity index (χ1v) is 14.6. The van der Waals surface area contributed by atoms with Crippen LogP contribution in [-0.4, -0.2) is 37.2 Å².